The molecule has 82 valence electrons. The Kier molecular flexibility index (Phi) is 4.90. The van der Waals surface area contributed by atoms with Gasteiger partial charge in [0, 0.05) is 12.6 Å². The van der Waals surface area contributed by atoms with Crippen LogP contribution in [0.1, 0.15) is 26.2 Å². The van der Waals surface area contributed by atoms with Gasteiger partial charge >= 0.3 is 5.97 Å². The minimum absolute atomic E-state index is 0.229. The Bertz CT molecular complexity index is 180. The van der Waals surface area contributed by atoms with Crippen molar-refractivity contribution in [2.75, 3.05) is 20.3 Å². The monoisotopic (exact) mass is 201 g/mol. The van der Waals surface area contributed by atoms with E-state index in [1.54, 1.807) is 0 Å². The topological polar surface area (TPSA) is 47.6 Å². The Labute approximate surface area is 85.0 Å². The molecule has 1 aliphatic carbocycles. The highest BCUT2D eigenvalue weighted by atomic mass is 16.5. The molecule has 1 N–H and O–H groups in total. The maximum Gasteiger partial charge on any atom is 0.325 e. The van der Waals surface area contributed by atoms with Gasteiger partial charge in [-0.25, -0.2) is 0 Å². The molecule has 0 heterocycles. The van der Waals surface area contributed by atoms with E-state index in [1.807, 2.05) is 6.92 Å². The van der Waals surface area contributed by atoms with Crippen LogP contribution in [0.15, 0.2) is 0 Å². The van der Waals surface area contributed by atoms with Crippen LogP contribution in [0.2, 0.25) is 0 Å². The summed E-state index contributed by atoms with van der Waals surface area (Å²) in [5, 5.41) is 3.20. The minimum atomic E-state index is -0.293. The third kappa shape index (κ3) is 4.07. The molecule has 0 radical (unpaired) electrons. The summed E-state index contributed by atoms with van der Waals surface area (Å²) < 4.78 is 10.0. The van der Waals surface area contributed by atoms with Gasteiger partial charge in [0.05, 0.1) is 13.7 Å². The molecule has 0 aliphatic heterocycles. The number of ether oxygens (including phenoxy) is 2. The van der Waals surface area contributed by atoms with Crippen molar-refractivity contribution in [2.24, 2.45) is 0 Å². The third-order valence-electron chi connectivity index (χ3n) is 2.13. The minimum Gasteiger partial charge on any atom is -0.468 e. The van der Waals surface area contributed by atoms with Gasteiger partial charge in [0.25, 0.3) is 0 Å². The molecule has 0 aromatic heterocycles. The molecule has 1 fully saturated rings. The van der Waals surface area contributed by atoms with Crippen LogP contribution in [-0.2, 0) is 14.3 Å². The zero-order valence-corrected chi connectivity index (χ0v) is 8.91. The fraction of sp³-hybridized carbons (Fsp3) is 0.900. The molecule has 1 unspecified atom stereocenters. The van der Waals surface area contributed by atoms with E-state index < -0.39 is 0 Å². The van der Waals surface area contributed by atoms with Crippen molar-refractivity contribution in [2.45, 2.75) is 38.3 Å². The van der Waals surface area contributed by atoms with E-state index in [9.17, 15) is 4.79 Å². The predicted molar refractivity (Wildman–Crippen MR) is 53.1 cm³/mol. The van der Waals surface area contributed by atoms with Gasteiger partial charge in [-0.1, -0.05) is 6.92 Å². The molecule has 1 saturated carbocycles. The Balaban J connectivity index is 2.23. The van der Waals surface area contributed by atoms with Gasteiger partial charge in [0.1, 0.15) is 6.04 Å². The zero-order chi connectivity index (χ0) is 10.4. The molecule has 14 heavy (non-hydrogen) atoms. The first-order valence-electron chi connectivity index (χ1n) is 5.19. The van der Waals surface area contributed by atoms with Gasteiger partial charge in [-0.05, 0) is 19.3 Å². The van der Waals surface area contributed by atoms with Crippen LogP contribution in [0.25, 0.3) is 0 Å². The van der Waals surface area contributed by atoms with Crippen molar-refractivity contribution in [1.29, 1.82) is 0 Å². The van der Waals surface area contributed by atoms with Gasteiger partial charge in [-0.3, -0.25) is 10.1 Å². The number of hydrogen-bond donors (Lipinski definition) is 1. The fourth-order valence-electron chi connectivity index (χ4n) is 1.21. The van der Waals surface area contributed by atoms with E-state index in [1.165, 1.54) is 7.11 Å². The van der Waals surface area contributed by atoms with Crippen molar-refractivity contribution in [3.63, 3.8) is 0 Å². The van der Waals surface area contributed by atoms with Crippen molar-refractivity contribution in [1.82, 2.24) is 5.32 Å². The Morgan fingerprint density at radius 1 is 1.57 bits per heavy atom. The number of methoxy groups -OCH3 is 1. The normalized spacial score (nSPS) is 17.9. The fourth-order valence-corrected chi connectivity index (χ4v) is 1.21. The third-order valence-corrected chi connectivity index (χ3v) is 2.13. The lowest BCUT2D eigenvalue weighted by atomic mass is 10.3. The maximum atomic E-state index is 11.3. The lowest BCUT2D eigenvalue weighted by molar-refractivity contribution is -0.144. The number of carbonyl (C=O) groups excluding carboxylic acids is 1. The first-order chi connectivity index (χ1) is 6.77. The molecule has 0 spiro atoms. The second kappa shape index (κ2) is 5.98. The first kappa shape index (κ1) is 11.5. The Morgan fingerprint density at radius 2 is 2.29 bits per heavy atom. The number of hydrogen-bond acceptors (Lipinski definition) is 4. The lowest BCUT2D eigenvalue weighted by Crippen LogP contribution is -2.42. The molecule has 4 heteroatoms. The summed E-state index contributed by atoms with van der Waals surface area (Å²) in [6, 6.07) is 0.198. The SMILES string of the molecule is CCCOCC(NC1CC1)C(=O)OC. The van der Waals surface area contributed by atoms with Gasteiger partial charge in [-0.15, -0.1) is 0 Å². The molecule has 0 bridgehead atoms. The van der Waals surface area contributed by atoms with Crippen molar-refractivity contribution >= 4 is 5.97 Å². The van der Waals surface area contributed by atoms with Crippen LogP contribution in [0.4, 0.5) is 0 Å². The van der Waals surface area contributed by atoms with Crippen molar-refractivity contribution < 1.29 is 14.3 Å². The maximum absolute atomic E-state index is 11.3. The summed E-state index contributed by atoms with van der Waals surface area (Å²) in [7, 11) is 1.41. The molecule has 4 nitrogen and oxygen atoms in total. The molecule has 0 saturated heterocycles. The highest BCUT2D eigenvalue weighted by Gasteiger charge is 2.28. The summed E-state index contributed by atoms with van der Waals surface area (Å²) in [5.41, 5.74) is 0. The van der Waals surface area contributed by atoms with E-state index >= 15 is 0 Å². The summed E-state index contributed by atoms with van der Waals surface area (Å²) in [6.07, 6.45) is 3.28. The second-order valence-corrected chi connectivity index (χ2v) is 3.59. The standard InChI is InChI=1S/C10H19NO3/c1-3-6-14-7-9(10(12)13-2)11-8-4-5-8/h8-9,11H,3-7H2,1-2H3. The molecule has 0 aromatic rings. The van der Waals surface area contributed by atoms with Crippen molar-refractivity contribution in [3.05, 3.63) is 0 Å². The number of carbonyl (C=O) groups is 1. The van der Waals surface area contributed by atoms with Gasteiger partial charge in [0.15, 0.2) is 0 Å². The van der Waals surface area contributed by atoms with E-state index in [-0.39, 0.29) is 12.0 Å². The van der Waals surface area contributed by atoms with Gasteiger partial charge in [-0.2, -0.15) is 0 Å². The van der Waals surface area contributed by atoms with Crippen LogP contribution in [0, 0.1) is 0 Å². The first-order valence-corrected chi connectivity index (χ1v) is 5.19. The largest absolute Gasteiger partial charge is 0.468 e. The van der Waals surface area contributed by atoms with E-state index in [0.29, 0.717) is 19.3 Å². The van der Waals surface area contributed by atoms with E-state index in [0.717, 1.165) is 19.3 Å². The summed E-state index contributed by atoms with van der Waals surface area (Å²) >= 11 is 0. The quantitative estimate of drug-likeness (QED) is 0.486. The molecular formula is C10H19NO3. The van der Waals surface area contributed by atoms with Gasteiger partial charge in [0.2, 0.25) is 0 Å². The molecule has 1 aliphatic rings. The average Bonchev–Trinajstić information content (AvgIpc) is 2.99. The molecule has 1 rings (SSSR count). The number of nitrogens with one attached hydrogen (secondary N) is 1. The van der Waals surface area contributed by atoms with Crippen LogP contribution in [0.5, 0.6) is 0 Å². The molecule has 0 amide bonds. The van der Waals surface area contributed by atoms with E-state index in [4.69, 9.17) is 9.47 Å². The smallest absolute Gasteiger partial charge is 0.325 e. The summed E-state index contributed by atoms with van der Waals surface area (Å²) in [5.74, 6) is -0.229. The number of esters is 1. The van der Waals surface area contributed by atoms with Crippen LogP contribution in [0.3, 0.4) is 0 Å². The zero-order valence-electron chi connectivity index (χ0n) is 8.91. The average molecular weight is 201 g/mol. The molecule has 1 atom stereocenters. The van der Waals surface area contributed by atoms with Crippen LogP contribution < -0.4 is 5.32 Å². The van der Waals surface area contributed by atoms with Crippen molar-refractivity contribution in [3.8, 4) is 0 Å². The molecular weight excluding hydrogens is 182 g/mol. The highest BCUT2D eigenvalue weighted by molar-refractivity contribution is 5.75. The van der Waals surface area contributed by atoms with Crippen LogP contribution >= 0.6 is 0 Å². The lowest BCUT2D eigenvalue weighted by Gasteiger charge is -2.15. The second-order valence-electron chi connectivity index (χ2n) is 3.59. The van der Waals surface area contributed by atoms with Crippen LogP contribution in [-0.4, -0.2) is 38.4 Å². The van der Waals surface area contributed by atoms with E-state index in [2.05, 4.69) is 5.32 Å². The summed E-state index contributed by atoms with van der Waals surface area (Å²) in [6.45, 7) is 3.15. The Morgan fingerprint density at radius 3 is 2.79 bits per heavy atom. The Hall–Kier alpha value is -0.610. The van der Waals surface area contributed by atoms with Gasteiger partial charge < -0.3 is 9.47 Å². The summed E-state index contributed by atoms with van der Waals surface area (Å²) in [4.78, 5) is 11.3. The highest BCUT2D eigenvalue weighted by Crippen LogP contribution is 2.19. The predicted octanol–water partition coefficient (Wildman–Crippen LogP) is 0.707. The molecule has 0 aromatic carbocycles. The number of rotatable bonds is 7.